The predicted octanol–water partition coefficient (Wildman–Crippen LogP) is 2.91. The van der Waals surface area contributed by atoms with Gasteiger partial charge in [-0.25, -0.2) is 0 Å². The van der Waals surface area contributed by atoms with Gasteiger partial charge in [-0.3, -0.25) is 0 Å². The normalized spacial score (nSPS) is 25.7. The van der Waals surface area contributed by atoms with Crippen LogP contribution in [-0.4, -0.2) is 6.54 Å². The van der Waals surface area contributed by atoms with E-state index in [0.717, 1.165) is 18.4 Å². The van der Waals surface area contributed by atoms with E-state index in [4.69, 9.17) is 5.73 Å². The number of rotatable bonds is 3. The van der Waals surface area contributed by atoms with Crippen molar-refractivity contribution in [3.05, 3.63) is 35.4 Å². The van der Waals surface area contributed by atoms with Gasteiger partial charge in [-0.2, -0.15) is 0 Å². The van der Waals surface area contributed by atoms with Gasteiger partial charge in [0.25, 0.3) is 0 Å². The summed E-state index contributed by atoms with van der Waals surface area (Å²) in [6.45, 7) is 3.01. The summed E-state index contributed by atoms with van der Waals surface area (Å²) >= 11 is 0. The summed E-state index contributed by atoms with van der Waals surface area (Å²) in [4.78, 5) is 0. The Morgan fingerprint density at radius 1 is 1.13 bits per heavy atom. The molecule has 0 saturated heterocycles. The molecule has 2 unspecified atom stereocenters. The summed E-state index contributed by atoms with van der Waals surface area (Å²) in [5, 5.41) is 0. The van der Waals surface area contributed by atoms with Crippen molar-refractivity contribution in [1.82, 2.24) is 0 Å². The zero-order valence-corrected chi connectivity index (χ0v) is 9.58. The van der Waals surface area contributed by atoms with Crippen LogP contribution in [0.2, 0.25) is 0 Å². The molecule has 0 aliphatic heterocycles. The molecular weight excluding hydrogens is 182 g/mol. The lowest BCUT2D eigenvalue weighted by Gasteiger charge is -2.17. The zero-order valence-electron chi connectivity index (χ0n) is 9.58. The Bertz CT molecular complexity index is 302. The standard InChI is InChI=1S/C14H21N/c1-11-5-7-12(8-6-11)9-13-3-2-4-14(13)10-15/h5-8,13-14H,2-4,9-10,15H2,1H3. The quantitative estimate of drug-likeness (QED) is 0.803. The second-order valence-electron chi connectivity index (χ2n) is 4.88. The summed E-state index contributed by atoms with van der Waals surface area (Å²) in [7, 11) is 0. The van der Waals surface area contributed by atoms with Gasteiger partial charge in [0.1, 0.15) is 0 Å². The lowest BCUT2D eigenvalue weighted by Crippen LogP contribution is -2.20. The molecule has 1 saturated carbocycles. The summed E-state index contributed by atoms with van der Waals surface area (Å²) in [5.74, 6) is 1.60. The number of hydrogen-bond donors (Lipinski definition) is 1. The maximum absolute atomic E-state index is 5.80. The fourth-order valence-electron chi connectivity index (χ4n) is 2.72. The Morgan fingerprint density at radius 2 is 1.80 bits per heavy atom. The van der Waals surface area contributed by atoms with Crippen molar-refractivity contribution < 1.29 is 0 Å². The molecule has 1 nitrogen and oxygen atoms in total. The van der Waals surface area contributed by atoms with Gasteiger partial charge in [0.2, 0.25) is 0 Å². The lowest BCUT2D eigenvalue weighted by atomic mass is 9.89. The predicted molar refractivity (Wildman–Crippen MR) is 64.8 cm³/mol. The van der Waals surface area contributed by atoms with Crippen molar-refractivity contribution in [2.45, 2.75) is 32.6 Å². The van der Waals surface area contributed by atoms with Gasteiger partial charge >= 0.3 is 0 Å². The fourth-order valence-corrected chi connectivity index (χ4v) is 2.72. The minimum absolute atomic E-state index is 0.770. The van der Waals surface area contributed by atoms with E-state index in [1.54, 1.807) is 0 Å². The zero-order chi connectivity index (χ0) is 10.7. The van der Waals surface area contributed by atoms with E-state index in [1.807, 2.05) is 0 Å². The first-order valence-corrected chi connectivity index (χ1v) is 6.05. The second kappa shape index (κ2) is 4.80. The molecule has 0 spiro atoms. The van der Waals surface area contributed by atoms with Gasteiger partial charge < -0.3 is 5.73 Å². The van der Waals surface area contributed by atoms with Crippen LogP contribution in [0.3, 0.4) is 0 Å². The SMILES string of the molecule is Cc1ccc(CC2CCCC2CN)cc1. The largest absolute Gasteiger partial charge is 0.330 e. The number of hydrogen-bond acceptors (Lipinski definition) is 1. The molecule has 0 amide bonds. The Labute approximate surface area is 92.7 Å². The van der Waals surface area contributed by atoms with Crippen LogP contribution in [0.4, 0.5) is 0 Å². The van der Waals surface area contributed by atoms with Gasteiger partial charge in [-0.15, -0.1) is 0 Å². The molecule has 0 aromatic heterocycles. The molecular formula is C14H21N. The second-order valence-corrected chi connectivity index (χ2v) is 4.88. The third-order valence-corrected chi connectivity index (χ3v) is 3.74. The minimum atomic E-state index is 0.770. The maximum Gasteiger partial charge on any atom is -0.00461 e. The molecule has 15 heavy (non-hydrogen) atoms. The Balaban J connectivity index is 1.99. The first-order valence-electron chi connectivity index (χ1n) is 6.05. The number of aryl methyl sites for hydroxylation is 1. The van der Waals surface area contributed by atoms with Gasteiger partial charge in [0, 0.05) is 0 Å². The monoisotopic (exact) mass is 203 g/mol. The molecule has 2 rings (SSSR count). The van der Waals surface area contributed by atoms with Crippen molar-refractivity contribution in [2.75, 3.05) is 6.54 Å². The smallest absolute Gasteiger partial charge is 0.00461 e. The molecule has 1 heteroatoms. The highest BCUT2D eigenvalue weighted by Gasteiger charge is 2.25. The van der Waals surface area contributed by atoms with E-state index in [-0.39, 0.29) is 0 Å². The summed E-state index contributed by atoms with van der Waals surface area (Å²) in [5.41, 5.74) is 8.63. The third-order valence-electron chi connectivity index (χ3n) is 3.74. The summed E-state index contributed by atoms with van der Waals surface area (Å²) in [6, 6.07) is 8.95. The first-order chi connectivity index (χ1) is 7.29. The highest BCUT2D eigenvalue weighted by molar-refractivity contribution is 5.21. The highest BCUT2D eigenvalue weighted by Crippen LogP contribution is 2.33. The molecule has 0 heterocycles. The Hall–Kier alpha value is -0.820. The average molecular weight is 203 g/mol. The van der Waals surface area contributed by atoms with Crippen LogP contribution in [0.1, 0.15) is 30.4 Å². The van der Waals surface area contributed by atoms with Gasteiger partial charge in [0.15, 0.2) is 0 Å². The fraction of sp³-hybridized carbons (Fsp3) is 0.571. The van der Waals surface area contributed by atoms with Gasteiger partial charge in [-0.05, 0) is 50.1 Å². The van der Waals surface area contributed by atoms with Crippen molar-refractivity contribution in [2.24, 2.45) is 17.6 Å². The third kappa shape index (κ3) is 2.60. The number of benzene rings is 1. The molecule has 1 fully saturated rings. The average Bonchev–Trinajstić information content (AvgIpc) is 2.69. The molecule has 1 aromatic rings. The van der Waals surface area contributed by atoms with E-state index in [0.29, 0.717) is 0 Å². The van der Waals surface area contributed by atoms with Crippen LogP contribution < -0.4 is 5.73 Å². The van der Waals surface area contributed by atoms with E-state index in [9.17, 15) is 0 Å². The van der Waals surface area contributed by atoms with Crippen LogP contribution in [0.5, 0.6) is 0 Å². The van der Waals surface area contributed by atoms with E-state index < -0.39 is 0 Å². The Kier molecular flexibility index (Phi) is 3.42. The van der Waals surface area contributed by atoms with Crippen molar-refractivity contribution in [1.29, 1.82) is 0 Å². The molecule has 0 radical (unpaired) electrons. The van der Waals surface area contributed by atoms with E-state index in [1.165, 1.54) is 36.8 Å². The topological polar surface area (TPSA) is 26.0 Å². The van der Waals surface area contributed by atoms with Gasteiger partial charge in [-0.1, -0.05) is 36.2 Å². The van der Waals surface area contributed by atoms with Crippen LogP contribution in [0.25, 0.3) is 0 Å². The van der Waals surface area contributed by atoms with Crippen molar-refractivity contribution >= 4 is 0 Å². The molecule has 2 N–H and O–H groups in total. The molecule has 82 valence electrons. The molecule has 1 aliphatic carbocycles. The summed E-state index contributed by atoms with van der Waals surface area (Å²) < 4.78 is 0. The maximum atomic E-state index is 5.80. The lowest BCUT2D eigenvalue weighted by molar-refractivity contribution is 0.394. The molecule has 2 atom stereocenters. The molecule has 1 aromatic carbocycles. The van der Waals surface area contributed by atoms with Crippen LogP contribution in [0, 0.1) is 18.8 Å². The van der Waals surface area contributed by atoms with E-state index in [2.05, 4.69) is 31.2 Å². The van der Waals surface area contributed by atoms with Crippen LogP contribution in [0.15, 0.2) is 24.3 Å². The molecule has 0 bridgehead atoms. The van der Waals surface area contributed by atoms with Gasteiger partial charge in [0.05, 0.1) is 0 Å². The van der Waals surface area contributed by atoms with Crippen molar-refractivity contribution in [3.8, 4) is 0 Å². The highest BCUT2D eigenvalue weighted by atomic mass is 14.6. The summed E-state index contributed by atoms with van der Waals surface area (Å²) in [6.07, 6.45) is 5.31. The van der Waals surface area contributed by atoms with E-state index >= 15 is 0 Å². The first kappa shape index (κ1) is 10.7. The minimum Gasteiger partial charge on any atom is -0.330 e. The Morgan fingerprint density at radius 3 is 2.47 bits per heavy atom. The number of nitrogens with two attached hydrogens (primary N) is 1. The van der Waals surface area contributed by atoms with Crippen molar-refractivity contribution in [3.63, 3.8) is 0 Å². The molecule has 1 aliphatic rings. The van der Waals surface area contributed by atoms with Crippen LogP contribution in [-0.2, 0) is 6.42 Å². The van der Waals surface area contributed by atoms with Crippen LogP contribution >= 0.6 is 0 Å².